The second kappa shape index (κ2) is 4.84. The molecule has 0 saturated carbocycles. The summed E-state index contributed by atoms with van der Waals surface area (Å²) in [5.74, 6) is 1.28. The molecule has 1 aliphatic heterocycles. The summed E-state index contributed by atoms with van der Waals surface area (Å²) in [6.07, 6.45) is 2.74. The number of nitrogens with one attached hydrogen (secondary N) is 1. The van der Waals surface area contributed by atoms with E-state index in [4.69, 9.17) is 17.3 Å². The molecule has 1 aromatic heterocycles. The van der Waals surface area contributed by atoms with E-state index in [0.29, 0.717) is 17.4 Å². The first kappa shape index (κ1) is 11.4. The van der Waals surface area contributed by atoms with Crippen LogP contribution in [0.4, 0.5) is 11.5 Å². The third-order valence-electron chi connectivity index (χ3n) is 2.83. The first-order valence-corrected chi connectivity index (χ1v) is 5.73. The zero-order chi connectivity index (χ0) is 11.5. The fourth-order valence-electron chi connectivity index (χ4n) is 1.95. The molecule has 1 unspecified atom stereocenters. The predicted molar refractivity (Wildman–Crippen MR) is 65.5 cm³/mol. The lowest BCUT2D eigenvalue weighted by Crippen LogP contribution is -2.20. The number of aromatic nitrogens is 2. The summed E-state index contributed by atoms with van der Waals surface area (Å²) < 4.78 is 0. The molecule has 5 nitrogen and oxygen atoms in total. The zero-order valence-electron chi connectivity index (χ0n) is 9.28. The van der Waals surface area contributed by atoms with Crippen LogP contribution in [0.1, 0.15) is 6.42 Å². The molecule has 1 atom stereocenters. The predicted octanol–water partition coefficient (Wildman–Crippen LogP) is 1.08. The summed E-state index contributed by atoms with van der Waals surface area (Å²) in [5, 5.41) is 3.45. The molecule has 0 spiro atoms. The maximum atomic E-state index is 5.74. The van der Waals surface area contributed by atoms with Crippen LogP contribution in [0.3, 0.4) is 0 Å². The van der Waals surface area contributed by atoms with Gasteiger partial charge in [-0.2, -0.15) is 4.98 Å². The number of hydrogen-bond donors (Lipinski definition) is 2. The molecule has 0 amide bonds. The van der Waals surface area contributed by atoms with Gasteiger partial charge in [0.25, 0.3) is 0 Å². The van der Waals surface area contributed by atoms with Crippen molar-refractivity contribution in [2.45, 2.75) is 6.42 Å². The van der Waals surface area contributed by atoms with Gasteiger partial charge in [-0.15, -0.1) is 0 Å². The summed E-state index contributed by atoms with van der Waals surface area (Å²) in [5.41, 5.74) is 6.28. The van der Waals surface area contributed by atoms with E-state index in [-0.39, 0.29) is 5.28 Å². The molecule has 1 fully saturated rings. The van der Waals surface area contributed by atoms with Gasteiger partial charge in [0.05, 0.1) is 11.9 Å². The van der Waals surface area contributed by atoms with E-state index in [0.717, 1.165) is 19.6 Å². The molecule has 0 aliphatic carbocycles. The molecule has 3 N–H and O–H groups in total. The normalized spacial score (nSPS) is 21.2. The van der Waals surface area contributed by atoms with E-state index in [1.165, 1.54) is 12.6 Å². The molecule has 1 saturated heterocycles. The molecule has 1 aromatic rings. The van der Waals surface area contributed by atoms with Gasteiger partial charge in [-0.25, -0.2) is 4.98 Å². The van der Waals surface area contributed by atoms with Crippen LogP contribution < -0.4 is 11.1 Å². The minimum Gasteiger partial charge on any atom is -0.394 e. The second-order valence-corrected chi connectivity index (χ2v) is 4.58. The highest BCUT2D eigenvalue weighted by molar-refractivity contribution is 6.28. The van der Waals surface area contributed by atoms with Crippen LogP contribution in [0, 0.1) is 5.92 Å². The monoisotopic (exact) mass is 241 g/mol. The van der Waals surface area contributed by atoms with Crippen LogP contribution in [-0.4, -0.2) is 41.5 Å². The quantitative estimate of drug-likeness (QED) is 0.776. The lowest BCUT2D eigenvalue weighted by atomic mass is 10.1. The average Bonchev–Trinajstić information content (AvgIpc) is 2.66. The van der Waals surface area contributed by atoms with Crippen LogP contribution in [0.15, 0.2) is 6.20 Å². The van der Waals surface area contributed by atoms with Crippen LogP contribution in [0.5, 0.6) is 0 Å². The highest BCUT2D eigenvalue weighted by Gasteiger charge is 2.19. The maximum Gasteiger partial charge on any atom is 0.224 e. The summed E-state index contributed by atoms with van der Waals surface area (Å²) in [6, 6.07) is 0. The van der Waals surface area contributed by atoms with Crippen molar-refractivity contribution in [2.24, 2.45) is 5.92 Å². The van der Waals surface area contributed by atoms with Gasteiger partial charge < -0.3 is 16.0 Å². The van der Waals surface area contributed by atoms with Gasteiger partial charge in [-0.05, 0) is 37.5 Å². The minimum atomic E-state index is 0.222. The van der Waals surface area contributed by atoms with Crippen molar-refractivity contribution in [1.29, 1.82) is 0 Å². The molecule has 0 radical (unpaired) electrons. The molecule has 0 aromatic carbocycles. The van der Waals surface area contributed by atoms with Crippen LogP contribution in [-0.2, 0) is 0 Å². The molecule has 16 heavy (non-hydrogen) atoms. The molecule has 2 heterocycles. The topological polar surface area (TPSA) is 67.1 Å². The molecule has 88 valence electrons. The van der Waals surface area contributed by atoms with Crippen LogP contribution in [0.2, 0.25) is 5.28 Å². The highest BCUT2D eigenvalue weighted by Crippen LogP contribution is 2.19. The smallest absolute Gasteiger partial charge is 0.224 e. The summed E-state index contributed by atoms with van der Waals surface area (Å²) in [7, 11) is 2.13. The first-order chi connectivity index (χ1) is 7.65. The standard InChI is InChI=1S/C10H16ClN5/c1-16-3-2-7(6-16)4-13-9-8(12)5-14-10(11)15-9/h5,7H,2-4,6,12H2,1H3,(H,13,14,15). The van der Waals surface area contributed by atoms with E-state index in [1.54, 1.807) is 0 Å². The van der Waals surface area contributed by atoms with Crippen molar-refractivity contribution in [3.05, 3.63) is 11.5 Å². The Morgan fingerprint density at radius 3 is 3.19 bits per heavy atom. The van der Waals surface area contributed by atoms with E-state index >= 15 is 0 Å². The zero-order valence-corrected chi connectivity index (χ0v) is 10.0. The van der Waals surface area contributed by atoms with Gasteiger partial charge in [0, 0.05) is 13.1 Å². The number of rotatable bonds is 3. The fourth-order valence-corrected chi connectivity index (χ4v) is 2.08. The number of nitrogen functional groups attached to an aromatic ring is 1. The number of likely N-dealkylation sites (tertiary alicyclic amines) is 1. The van der Waals surface area contributed by atoms with Crippen molar-refractivity contribution >= 4 is 23.1 Å². The van der Waals surface area contributed by atoms with Gasteiger partial charge in [0.2, 0.25) is 5.28 Å². The third kappa shape index (κ3) is 2.74. The van der Waals surface area contributed by atoms with Gasteiger partial charge in [0.1, 0.15) is 0 Å². The summed E-state index contributed by atoms with van der Waals surface area (Å²) in [6.45, 7) is 3.15. The molecular formula is C10H16ClN5. The van der Waals surface area contributed by atoms with Gasteiger partial charge in [-0.1, -0.05) is 0 Å². The molecule has 2 rings (SSSR count). The van der Waals surface area contributed by atoms with Crippen LogP contribution >= 0.6 is 11.6 Å². The summed E-state index contributed by atoms with van der Waals surface area (Å²) in [4.78, 5) is 10.2. The Balaban J connectivity index is 1.91. The van der Waals surface area contributed by atoms with E-state index in [9.17, 15) is 0 Å². The number of halogens is 1. The Labute approximate surface area is 100 Å². The maximum absolute atomic E-state index is 5.74. The highest BCUT2D eigenvalue weighted by atomic mass is 35.5. The van der Waals surface area contributed by atoms with Gasteiger partial charge in [0.15, 0.2) is 5.82 Å². The number of anilines is 2. The van der Waals surface area contributed by atoms with E-state index < -0.39 is 0 Å². The largest absolute Gasteiger partial charge is 0.394 e. The van der Waals surface area contributed by atoms with Crippen LogP contribution in [0.25, 0.3) is 0 Å². The Kier molecular flexibility index (Phi) is 3.46. The fraction of sp³-hybridized carbons (Fsp3) is 0.600. The average molecular weight is 242 g/mol. The van der Waals surface area contributed by atoms with Crippen molar-refractivity contribution in [3.63, 3.8) is 0 Å². The molecule has 0 bridgehead atoms. The third-order valence-corrected chi connectivity index (χ3v) is 3.02. The number of nitrogens with two attached hydrogens (primary N) is 1. The Hall–Kier alpha value is -1.07. The lowest BCUT2D eigenvalue weighted by Gasteiger charge is -2.13. The molecular weight excluding hydrogens is 226 g/mol. The van der Waals surface area contributed by atoms with E-state index in [2.05, 4.69) is 27.2 Å². The SMILES string of the molecule is CN1CCC(CNc2nc(Cl)ncc2N)C1. The summed E-state index contributed by atoms with van der Waals surface area (Å²) >= 11 is 5.71. The van der Waals surface area contributed by atoms with Crippen molar-refractivity contribution < 1.29 is 0 Å². The van der Waals surface area contributed by atoms with Gasteiger partial charge in [-0.3, -0.25) is 0 Å². The number of hydrogen-bond acceptors (Lipinski definition) is 5. The lowest BCUT2D eigenvalue weighted by molar-refractivity contribution is 0.399. The van der Waals surface area contributed by atoms with Crippen molar-refractivity contribution in [2.75, 3.05) is 37.7 Å². The Morgan fingerprint density at radius 2 is 2.50 bits per heavy atom. The Morgan fingerprint density at radius 1 is 1.69 bits per heavy atom. The first-order valence-electron chi connectivity index (χ1n) is 5.35. The van der Waals surface area contributed by atoms with E-state index in [1.807, 2.05) is 0 Å². The van der Waals surface area contributed by atoms with Crippen molar-refractivity contribution in [1.82, 2.24) is 14.9 Å². The molecule has 1 aliphatic rings. The minimum absolute atomic E-state index is 0.222. The number of nitrogens with zero attached hydrogens (tertiary/aromatic N) is 3. The Bertz CT molecular complexity index is 370. The second-order valence-electron chi connectivity index (χ2n) is 4.24. The van der Waals surface area contributed by atoms with Crippen molar-refractivity contribution in [3.8, 4) is 0 Å². The molecule has 6 heteroatoms. The van der Waals surface area contributed by atoms with Gasteiger partial charge >= 0.3 is 0 Å².